The molecule has 1 unspecified atom stereocenters. The van der Waals surface area contributed by atoms with Crippen molar-refractivity contribution in [1.29, 1.82) is 0 Å². The average molecular weight is 279 g/mol. The summed E-state index contributed by atoms with van der Waals surface area (Å²) in [4.78, 5) is 20.4. The quantitative estimate of drug-likeness (QED) is 0.676. The fraction of sp³-hybridized carbons (Fsp3) is 0.643. The predicted molar refractivity (Wildman–Crippen MR) is 82.0 cm³/mol. The summed E-state index contributed by atoms with van der Waals surface area (Å²) in [6.45, 7) is 6.63. The predicted octanol–water partition coefficient (Wildman–Crippen LogP) is 1.80. The lowest BCUT2D eigenvalue weighted by Crippen LogP contribution is -2.33. The van der Waals surface area contributed by atoms with E-state index in [0.29, 0.717) is 13.0 Å². The highest BCUT2D eigenvalue weighted by atomic mass is 16.1. The van der Waals surface area contributed by atoms with Crippen LogP contribution in [0.1, 0.15) is 39.4 Å². The summed E-state index contributed by atoms with van der Waals surface area (Å²) in [5.41, 5.74) is 0. The fourth-order valence-electron chi connectivity index (χ4n) is 1.63. The Morgan fingerprint density at radius 3 is 2.60 bits per heavy atom. The highest BCUT2D eigenvalue weighted by Crippen LogP contribution is 2.11. The van der Waals surface area contributed by atoms with E-state index in [2.05, 4.69) is 32.8 Å². The van der Waals surface area contributed by atoms with Crippen LogP contribution in [-0.2, 0) is 11.2 Å². The molecule has 3 N–H and O–H groups in total. The molecule has 0 aliphatic carbocycles. The third-order valence-electron chi connectivity index (χ3n) is 3.02. The maximum atomic E-state index is 11.7. The first-order valence-corrected chi connectivity index (χ1v) is 7.18. The maximum Gasteiger partial charge on any atom is 0.221 e. The van der Waals surface area contributed by atoms with Crippen molar-refractivity contribution in [2.75, 3.05) is 24.2 Å². The Hall–Kier alpha value is -1.85. The molecule has 0 bridgehead atoms. The zero-order chi connectivity index (χ0) is 15.0. The van der Waals surface area contributed by atoms with Crippen LogP contribution < -0.4 is 16.0 Å². The summed E-state index contributed by atoms with van der Waals surface area (Å²) >= 11 is 0. The van der Waals surface area contributed by atoms with E-state index in [-0.39, 0.29) is 11.9 Å². The summed E-state index contributed by atoms with van der Waals surface area (Å²) in [6.07, 6.45) is 2.15. The number of nitrogens with zero attached hydrogens (tertiary/aromatic N) is 2. The molecule has 0 aromatic carbocycles. The molecule has 1 amide bonds. The van der Waals surface area contributed by atoms with Crippen molar-refractivity contribution in [2.45, 2.75) is 46.1 Å². The lowest BCUT2D eigenvalue weighted by Gasteiger charge is -2.12. The molecule has 0 spiro atoms. The van der Waals surface area contributed by atoms with E-state index in [0.717, 1.165) is 30.3 Å². The van der Waals surface area contributed by atoms with Crippen LogP contribution in [0.5, 0.6) is 0 Å². The number of carbonyl (C=O) groups is 1. The molecule has 112 valence electrons. The molecule has 0 saturated heterocycles. The Kier molecular flexibility index (Phi) is 6.76. The van der Waals surface area contributed by atoms with Gasteiger partial charge in [0, 0.05) is 38.5 Å². The highest BCUT2D eigenvalue weighted by Gasteiger charge is 2.06. The summed E-state index contributed by atoms with van der Waals surface area (Å²) in [5.74, 6) is 2.37. The molecular formula is C14H25N5O. The Morgan fingerprint density at radius 2 is 2.00 bits per heavy atom. The SMILES string of the molecule is CCc1nc(NC)cc(NCCC(=O)NC(C)CC)n1. The number of anilines is 2. The molecule has 0 radical (unpaired) electrons. The molecule has 1 aromatic rings. The first-order valence-electron chi connectivity index (χ1n) is 7.18. The van der Waals surface area contributed by atoms with Gasteiger partial charge in [-0.15, -0.1) is 0 Å². The molecule has 6 nitrogen and oxygen atoms in total. The Bertz CT molecular complexity index is 413. The van der Waals surface area contributed by atoms with Crippen molar-refractivity contribution in [3.8, 4) is 0 Å². The average Bonchev–Trinajstić information content (AvgIpc) is 2.46. The van der Waals surface area contributed by atoms with E-state index < -0.39 is 0 Å². The summed E-state index contributed by atoms with van der Waals surface area (Å²) in [7, 11) is 1.82. The second kappa shape index (κ2) is 8.35. The largest absolute Gasteiger partial charge is 0.373 e. The maximum absolute atomic E-state index is 11.7. The molecule has 0 aliphatic heterocycles. The molecule has 6 heteroatoms. The smallest absolute Gasteiger partial charge is 0.221 e. The molecular weight excluding hydrogens is 254 g/mol. The molecule has 20 heavy (non-hydrogen) atoms. The molecule has 0 saturated carbocycles. The van der Waals surface area contributed by atoms with E-state index in [1.807, 2.05) is 27.0 Å². The highest BCUT2D eigenvalue weighted by molar-refractivity contribution is 5.76. The third kappa shape index (κ3) is 5.42. The van der Waals surface area contributed by atoms with Crippen molar-refractivity contribution in [3.63, 3.8) is 0 Å². The number of rotatable bonds is 8. The van der Waals surface area contributed by atoms with Gasteiger partial charge in [-0.25, -0.2) is 9.97 Å². The van der Waals surface area contributed by atoms with Crippen LogP contribution in [0.3, 0.4) is 0 Å². The van der Waals surface area contributed by atoms with Gasteiger partial charge in [0.25, 0.3) is 0 Å². The van der Waals surface area contributed by atoms with Gasteiger partial charge in [-0.2, -0.15) is 0 Å². The number of hydrogen-bond donors (Lipinski definition) is 3. The molecule has 1 heterocycles. The number of nitrogens with one attached hydrogen (secondary N) is 3. The number of aryl methyl sites for hydroxylation is 1. The molecule has 1 atom stereocenters. The standard InChI is InChI=1S/C14H25N5O/c1-5-10(3)17-14(20)7-8-16-13-9-12(15-4)18-11(6-2)19-13/h9-10H,5-8H2,1-4H3,(H,17,20)(H2,15,16,18,19). The molecule has 0 fully saturated rings. The van der Waals surface area contributed by atoms with Gasteiger partial charge in [0.1, 0.15) is 17.5 Å². The Balaban J connectivity index is 2.47. The Labute approximate surface area is 120 Å². The zero-order valence-corrected chi connectivity index (χ0v) is 12.8. The topological polar surface area (TPSA) is 78.9 Å². The molecule has 0 aliphatic rings. The number of carbonyl (C=O) groups excluding carboxylic acids is 1. The zero-order valence-electron chi connectivity index (χ0n) is 12.8. The lowest BCUT2D eigenvalue weighted by atomic mass is 10.2. The number of hydrogen-bond acceptors (Lipinski definition) is 5. The van der Waals surface area contributed by atoms with Gasteiger partial charge in [0.15, 0.2) is 0 Å². The summed E-state index contributed by atoms with van der Waals surface area (Å²) < 4.78 is 0. The van der Waals surface area contributed by atoms with Crippen LogP contribution >= 0.6 is 0 Å². The molecule has 1 rings (SSSR count). The minimum atomic E-state index is 0.0606. The Morgan fingerprint density at radius 1 is 1.30 bits per heavy atom. The van der Waals surface area contributed by atoms with Crippen LogP contribution in [0.15, 0.2) is 6.07 Å². The van der Waals surface area contributed by atoms with Gasteiger partial charge in [-0.3, -0.25) is 4.79 Å². The summed E-state index contributed by atoms with van der Waals surface area (Å²) in [6, 6.07) is 2.07. The van der Waals surface area contributed by atoms with Crippen molar-refractivity contribution >= 4 is 17.5 Å². The number of aromatic nitrogens is 2. The normalized spacial score (nSPS) is 11.8. The second-order valence-electron chi connectivity index (χ2n) is 4.71. The van der Waals surface area contributed by atoms with Crippen molar-refractivity contribution in [1.82, 2.24) is 15.3 Å². The van der Waals surface area contributed by atoms with Gasteiger partial charge in [-0.1, -0.05) is 13.8 Å². The lowest BCUT2D eigenvalue weighted by molar-refractivity contribution is -0.121. The van der Waals surface area contributed by atoms with E-state index in [4.69, 9.17) is 0 Å². The number of amides is 1. The monoisotopic (exact) mass is 279 g/mol. The van der Waals surface area contributed by atoms with Crippen LogP contribution in [0.25, 0.3) is 0 Å². The van der Waals surface area contributed by atoms with Gasteiger partial charge in [0.05, 0.1) is 0 Å². The molecule has 1 aromatic heterocycles. The van der Waals surface area contributed by atoms with Crippen LogP contribution in [0, 0.1) is 0 Å². The van der Waals surface area contributed by atoms with Gasteiger partial charge in [-0.05, 0) is 13.3 Å². The van der Waals surface area contributed by atoms with Crippen molar-refractivity contribution < 1.29 is 4.79 Å². The van der Waals surface area contributed by atoms with Crippen LogP contribution in [0.4, 0.5) is 11.6 Å². The van der Waals surface area contributed by atoms with E-state index in [1.165, 1.54) is 0 Å². The first kappa shape index (κ1) is 16.2. The van der Waals surface area contributed by atoms with Crippen LogP contribution in [-0.4, -0.2) is 35.5 Å². The van der Waals surface area contributed by atoms with E-state index in [1.54, 1.807) is 0 Å². The van der Waals surface area contributed by atoms with Gasteiger partial charge >= 0.3 is 0 Å². The third-order valence-corrected chi connectivity index (χ3v) is 3.02. The van der Waals surface area contributed by atoms with Crippen molar-refractivity contribution in [3.05, 3.63) is 11.9 Å². The van der Waals surface area contributed by atoms with Crippen LogP contribution in [0.2, 0.25) is 0 Å². The second-order valence-corrected chi connectivity index (χ2v) is 4.71. The van der Waals surface area contributed by atoms with Gasteiger partial charge in [0.2, 0.25) is 5.91 Å². The van der Waals surface area contributed by atoms with Crippen molar-refractivity contribution in [2.24, 2.45) is 0 Å². The fourth-order valence-corrected chi connectivity index (χ4v) is 1.63. The summed E-state index contributed by atoms with van der Waals surface area (Å²) in [5, 5.41) is 9.11. The van der Waals surface area contributed by atoms with E-state index in [9.17, 15) is 4.79 Å². The minimum absolute atomic E-state index is 0.0606. The van der Waals surface area contributed by atoms with E-state index >= 15 is 0 Å². The van der Waals surface area contributed by atoms with Gasteiger partial charge < -0.3 is 16.0 Å². The first-order chi connectivity index (χ1) is 9.58. The minimum Gasteiger partial charge on any atom is -0.373 e.